The quantitative estimate of drug-likeness (QED) is 0.109. The Morgan fingerprint density at radius 3 is 2.16 bits per heavy atom. The first-order chi connectivity index (χ1) is 26.4. The van der Waals surface area contributed by atoms with Crippen molar-refractivity contribution in [3.8, 4) is 28.7 Å². The lowest BCUT2D eigenvalue weighted by molar-refractivity contribution is -0.141. The van der Waals surface area contributed by atoms with E-state index in [1.165, 1.54) is 18.9 Å². The summed E-state index contributed by atoms with van der Waals surface area (Å²) in [6.07, 6.45) is 0.0815. The highest BCUT2D eigenvalue weighted by Gasteiger charge is 2.36. The van der Waals surface area contributed by atoms with E-state index in [9.17, 15) is 24.0 Å². The molecule has 0 aromatic heterocycles. The Balaban J connectivity index is 1.88. The average Bonchev–Trinajstić information content (AvgIpc) is 3.17. The van der Waals surface area contributed by atoms with E-state index in [2.05, 4.69) is 21.3 Å². The highest BCUT2D eigenvalue weighted by molar-refractivity contribution is 5.99. The van der Waals surface area contributed by atoms with Gasteiger partial charge in [-0.2, -0.15) is 5.26 Å². The summed E-state index contributed by atoms with van der Waals surface area (Å²) in [7, 11) is 1.42. The van der Waals surface area contributed by atoms with Gasteiger partial charge in [-0.1, -0.05) is 29.8 Å². The number of carbonyl (C=O) groups is 5. The second-order valence-corrected chi connectivity index (χ2v) is 13.1. The zero-order valence-electron chi connectivity index (χ0n) is 31.2. The minimum absolute atomic E-state index is 0.0171. The van der Waals surface area contributed by atoms with Gasteiger partial charge in [-0.15, -0.1) is 0 Å². The van der Waals surface area contributed by atoms with Gasteiger partial charge in [-0.3, -0.25) is 24.0 Å². The van der Waals surface area contributed by atoms with Crippen molar-refractivity contribution in [2.24, 2.45) is 17.2 Å². The molecule has 292 valence electrons. The minimum Gasteiger partial charge on any atom is -0.492 e. The predicted molar refractivity (Wildman–Crippen MR) is 204 cm³/mol. The van der Waals surface area contributed by atoms with Crippen molar-refractivity contribution < 1.29 is 33.4 Å². The van der Waals surface area contributed by atoms with Crippen molar-refractivity contribution >= 4 is 29.5 Å². The van der Waals surface area contributed by atoms with Crippen LogP contribution in [0.1, 0.15) is 46.4 Å². The van der Waals surface area contributed by atoms with Crippen LogP contribution in [-0.4, -0.2) is 99.0 Å². The molecule has 4 bridgehead atoms. The molecular formula is C39H49N9O7. The van der Waals surface area contributed by atoms with Gasteiger partial charge in [-0.25, -0.2) is 0 Å². The van der Waals surface area contributed by atoms with Crippen LogP contribution in [-0.2, 0) is 25.6 Å². The number of likely N-dealkylation sites (N-methyl/N-ethyl adjacent to an activating group) is 1. The van der Waals surface area contributed by atoms with Crippen LogP contribution in [0.25, 0.3) is 11.1 Å². The summed E-state index contributed by atoms with van der Waals surface area (Å²) in [6, 6.07) is 14.1. The van der Waals surface area contributed by atoms with Gasteiger partial charge in [0, 0.05) is 43.2 Å². The molecule has 0 saturated heterocycles. The van der Waals surface area contributed by atoms with Crippen molar-refractivity contribution in [2.45, 2.75) is 50.9 Å². The molecule has 3 aromatic carbocycles. The number of hydrogen-bond donors (Lipinski definition) is 7. The van der Waals surface area contributed by atoms with E-state index in [-0.39, 0.29) is 52.2 Å². The highest BCUT2D eigenvalue weighted by atomic mass is 16.5. The Labute approximate surface area is 320 Å². The first-order valence-corrected chi connectivity index (χ1v) is 17.9. The third kappa shape index (κ3) is 10.8. The lowest BCUT2D eigenvalue weighted by Crippen LogP contribution is -2.56. The van der Waals surface area contributed by atoms with E-state index < -0.39 is 53.7 Å². The van der Waals surface area contributed by atoms with Crippen LogP contribution < -0.4 is 47.9 Å². The van der Waals surface area contributed by atoms with Gasteiger partial charge in [-0.05, 0) is 74.3 Å². The topological polar surface area (TPSA) is 257 Å². The fourth-order valence-corrected chi connectivity index (χ4v) is 6.08. The van der Waals surface area contributed by atoms with E-state index >= 15 is 0 Å². The van der Waals surface area contributed by atoms with Crippen LogP contribution in [0.2, 0.25) is 0 Å². The standard InChI is InChI=1S/C39H49N9O7/c1-23-4-7-26(8-5-23)36(50)46-30(12-13-40)39(53)48(3)34-27-9-11-33(55-19-16-43)29(22-27)28-20-25(6-10-32(28)54-18-15-42)21-31(37(51)44-17-14-41)47-35(49)24(2)45-38(34)52/h4-11,20,22,24,30-31,34H,12-13,15-19,21,40,42-43H2,1-3H3,(H,44,51)(H,45,52)(H,46,50)(H,47,49)/t24-,30-,31-,34-/m0/s1. The highest BCUT2D eigenvalue weighted by Crippen LogP contribution is 2.40. The van der Waals surface area contributed by atoms with Gasteiger partial charge in [0.05, 0.1) is 6.07 Å². The Hall–Kier alpha value is -6.02. The van der Waals surface area contributed by atoms with Crippen molar-refractivity contribution in [3.63, 3.8) is 0 Å². The van der Waals surface area contributed by atoms with Crippen LogP contribution in [0.4, 0.5) is 0 Å². The molecule has 16 heteroatoms. The van der Waals surface area contributed by atoms with E-state index in [0.717, 1.165) is 5.56 Å². The van der Waals surface area contributed by atoms with Crippen molar-refractivity contribution in [3.05, 3.63) is 82.9 Å². The zero-order chi connectivity index (χ0) is 40.1. The molecule has 55 heavy (non-hydrogen) atoms. The molecule has 1 heterocycles. The lowest BCUT2D eigenvalue weighted by Gasteiger charge is -2.32. The molecule has 0 spiro atoms. The number of aryl methyl sites for hydroxylation is 1. The lowest BCUT2D eigenvalue weighted by atomic mass is 9.93. The summed E-state index contributed by atoms with van der Waals surface area (Å²) in [4.78, 5) is 69.9. The third-order valence-corrected chi connectivity index (χ3v) is 8.93. The number of nitrogens with two attached hydrogens (primary N) is 3. The molecule has 0 saturated carbocycles. The summed E-state index contributed by atoms with van der Waals surface area (Å²) in [5.41, 5.74) is 20.7. The van der Waals surface area contributed by atoms with E-state index in [1.807, 2.05) is 13.0 Å². The van der Waals surface area contributed by atoms with Crippen LogP contribution in [0, 0.1) is 18.3 Å². The van der Waals surface area contributed by atoms with Crippen LogP contribution in [0.3, 0.4) is 0 Å². The fourth-order valence-electron chi connectivity index (χ4n) is 6.08. The first-order valence-electron chi connectivity index (χ1n) is 17.9. The molecule has 10 N–H and O–H groups in total. The molecule has 0 radical (unpaired) electrons. The Kier molecular flexibility index (Phi) is 15.1. The summed E-state index contributed by atoms with van der Waals surface area (Å²) in [5.74, 6) is -2.34. The maximum absolute atomic E-state index is 14.3. The molecule has 4 atom stereocenters. The van der Waals surface area contributed by atoms with Gasteiger partial charge < -0.3 is 52.8 Å². The van der Waals surface area contributed by atoms with Gasteiger partial charge in [0.25, 0.3) is 5.91 Å². The van der Waals surface area contributed by atoms with E-state index in [4.69, 9.17) is 31.9 Å². The molecule has 0 aliphatic carbocycles. The number of amides is 5. The zero-order valence-corrected chi connectivity index (χ0v) is 31.2. The monoisotopic (exact) mass is 755 g/mol. The third-order valence-electron chi connectivity index (χ3n) is 8.93. The van der Waals surface area contributed by atoms with Crippen LogP contribution >= 0.6 is 0 Å². The summed E-state index contributed by atoms with van der Waals surface area (Å²) in [6.45, 7) is 3.82. The normalized spacial score (nSPS) is 17.3. The first kappa shape index (κ1) is 41.7. The van der Waals surface area contributed by atoms with Crippen LogP contribution in [0.15, 0.2) is 60.7 Å². The van der Waals surface area contributed by atoms with E-state index in [0.29, 0.717) is 39.3 Å². The number of carbonyl (C=O) groups excluding carboxylic acids is 5. The Bertz CT molecular complexity index is 1900. The number of ether oxygens (including phenoxy) is 2. The molecule has 5 amide bonds. The molecule has 1 aliphatic rings. The molecule has 4 rings (SSSR count). The number of hydrogen-bond acceptors (Lipinski definition) is 11. The predicted octanol–water partition coefficient (Wildman–Crippen LogP) is 0.169. The second-order valence-electron chi connectivity index (χ2n) is 13.1. The fraction of sp³-hybridized carbons (Fsp3) is 0.385. The maximum atomic E-state index is 14.3. The van der Waals surface area contributed by atoms with Gasteiger partial charge in [0.1, 0.15) is 55.4 Å². The van der Waals surface area contributed by atoms with Gasteiger partial charge >= 0.3 is 0 Å². The summed E-state index contributed by atoms with van der Waals surface area (Å²) < 4.78 is 12.1. The van der Waals surface area contributed by atoms with Crippen molar-refractivity contribution in [1.29, 1.82) is 5.26 Å². The van der Waals surface area contributed by atoms with Gasteiger partial charge in [0.2, 0.25) is 23.6 Å². The molecule has 0 unspecified atom stereocenters. The average molecular weight is 756 g/mol. The molecule has 1 aliphatic heterocycles. The van der Waals surface area contributed by atoms with Crippen molar-refractivity contribution in [2.75, 3.05) is 46.4 Å². The number of benzene rings is 3. The Morgan fingerprint density at radius 2 is 1.55 bits per heavy atom. The molecular weight excluding hydrogens is 706 g/mol. The molecule has 3 aromatic rings. The van der Waals surface area contributed by atoms with Crippen LogP contribution in [0.5, 0.6) is 11.5 Å². The minimum atomic E-state index is -1.35. The Morgan fingerprint density at radius 1 is 0.909 bits per heavy atom. The maximum Gasteiger partial charge on any atom is 0.251 e. The van der Waals surface area contributed by atoms with E-state index in [1.54, 1.807) is 60.7 Å². The summed E-state index contributed by atoms with van der Waals surface area (Å²) in [5, 5.41) is 19.7. The SMILES string of the molecule is Cc1ccc(C(=O)N[C@@H](CCN)C(=O)N(C)[C@@H]2C(=O)N[C@@H](C)C(=O)N[C@H](C(=O)NCC#N)Cc3ccc(OCCN)c(c3)-c3cc2ccc3OCCN)cc1. The number of fused-ring (bicyclic) bond motifs is 5. The summed E-state index contributed by atoms with van der Waals surface area (Å²) >= 11 is 0. The smallest absolute Gasteiger partial charge is 0.251 e. The number of rotatable bonds is 14. The second kappa shape index (κ2) is 19.9. The molecule has 16 nitrogen and oxygen atoms in total. The largest absolute Gasteiger partial charge is 0.492 e. The van der Waals surface area contributed by atoms with Gasteiger partial charge in [0.15, 0.2) is 0 Å². The number of nitrogens with one attached hydrogen (secondary N) is 4. The van der Waals surface area contributed by atoms with Crippen molar-refractivity contribution in [1.82, 2.24) is 26.2 Å². The molecule has 0 fully saturated rings. The number of nitrogens with zero attached hydrogens (tertiary/aromatic N) is 2. The number of nitriles is 1.